The first-order valence-electron chi connectivity index (χ1n) is 2.22. The number of carboxylic acids is 1. The van der Waals surface area contributed by atoms with Gasteiger partial charge in [-0.15, -0.1) is 0 Å². The summed E-state index contributed by atoms with van der Waals surface area (Å²) in [7, 11) is -0.298. The molecule has 0 saturated heterocycles. The second-order valence-corrected chi connectivity index (χ2v) is 1.90. The van der Waals surface area contributed by atoms with Gasteiger partial charge in [0.15, 0.2) is 0 Å². The maximum absolute atomic E-state index is 9.94. The smallest absolute Gasteiger partial charge is 0.412 e. The summed E-state index contributed by atoms with van der Waals surface area (Å²) in [5, 5.41) is 8.14. The van der Waals surface area contributed by atoms with Crippen molar-refractivity contribution in [2.45, 2.75) is 12.5 Å². The summed E-state index contributed by atoms with van der Waals surface area (Å²) in [6.07, 6.45) is 0.0143. The number of aliphatic carboxylic acids is 1. The summed E-state index contributed by atoms with van der Waals surface area (Å²) >= 11 is 0. The molecule has 0 aromatic carbocycles. The van der Waals surface area contributed by atoms with E-state index in [0.717, 1.165) is 0 Å². The van der Waals surface area contributed by atoms with Crippen molar-refractivity contribution < 1.29 is 19.9 Å². The molecule has 5 N–H and O–H groups in total. The van der Waals surface area contributed by atoms with Crippen LogP contribution in [0, 0.1) is 5.63 Å². The van der Waals surface area contributed by atoms with Gasteiger partial charge in [-0.2, -0.15) is 0 Å². The van der Waals surface area contributed by atoms with E-state index in [4.69, 9.17) is 10.8 Å². The van der Waals surface area contributed by atoms with Crippen molar-refractivity contribution in [3.05, 3.63) is 0 Å². The Balaban J connectivity index is 0. The van der Waals surface area contributed by atoms with Crippen LogP contribution >= 0.6 is 7.92 Å². The molecule has 0 bridgehead atoms. The van der Waals surface area contributed by atoms with E-state index in [-0.39, 0.29) is 19.8 Å². The van der Waals surface area contributed by atoms with Crippen LogP contribution < -0.4 is 5.73 Å². The summed E-state index contributed by atoms with van der Waals surface area (Å²) in [4.78, 5) is 9.94. The van der Waals surface area contributed by atoms with Crippen molar-refractivity contribution >= 4 is 13.9 Å². The van der Waals surface area contributed by atoms with Gasteiger partial charge in [0, 0.05) is 0 Å². The molecular weight excluding hydrogens is 157 g/mol. The first-order chi connectivity index (χ1) is 4.18. The molecule has 0 aromatic heterocycles. The van der Waals surface area contributed by atoms with Crippen LogP contribution in [0.1, 0.15) is 6.42 Å². The Labute approximate surface area is 58.7 Å². The van der Waals surface area contributed by atoms with Crippen LogP contribution in [0.2, 0.25) is 0 Å². The van der Waals surface area contributed by atoms with Crippen molar-refractivity contribution in [3.8, 4) is 5.63 Å². The van der Waals surface area contributed by atoms with Crippen LogP contribution in [0.4, 0.5) is 0 Å². The molecule has 0 fully saturated rings. The van der Waals surface area contributed by atoms with E-state index in [9.17, 15) is 9.36 Å². The van der Waals surface area contributed by atoms with Crippen molar-refractivity contribution in [3.63, 3.8) is 0 Å². The normalized spacial score (nSPS) is 10.5. The van der Waals surface area contributed by atoms with Gasteiger partial charge in [-0.1, -0.05) is 0 Å². The van der Waals surface area contributed by atoms with Crippen molar-refractivity contribution in [1.82, 2.24) is 0 Å². The molecule has 1 unspecified atom stereocenters. The van der Waals surface area contributed by atoms with Gasteiger partial charge in [0.1, 0.15) is 0 Å². The molecule has 0 saturated carbocycles. The van der Waals surface area contributed by atoms with Gasteiger partial charge in [0.2, 0.25) is 0 Å². The van der Waals surface area contributed by atoms with Gasteiger partial charge < -0.3 is 5.48 Å². The minimum absolute atomic E-state index is 0. The Kier molecular flexibility index (Phi) is 7.90. The third kappa shape index (κ3) is 5.54. The number of rotatable bonds is 2. The number of nitrogens with two attached hydrogens (primary N) is 1. The average Bonchev–Trinajstić information content (AvgIpc) is 1.82. The van der Waals surface area contributed by atoms with Gasteiger partial charge in [-0.05, 0) is 0 Å². The first kappa shape index (κ1) is 12.1. The molecule has 1 atom stereocenters. The predicted molar refractivity (Wildman–Crippen MR) is 35.3 cm³/mol. The van der Waals surface area contributed by atoms with E-state index < -0.39 is 12.0 Å². The summed E-state index contributed by atoms with van der Waals surface area (Å²) in [5.41, 5.74) is 7.24. The molecule has 0 aliphatic carbocycles. The van der Waals surface area contributed by atoms with Crippen LogP contribution in [-0.2, 0) is 9.36 Å². The number of carboxylic acid groups (broad SMARTS) is 1. The largest absolute Gasteiger partial charge is 0.412 e. The van der Waals surface area contributed by atoms with Crippen LogP contribution in [0.5, 0.6) is 0 Å². The predicted octanol–water partition coefficient (Wildman–Crippen LogP) is -0.785. The Bertz CT molecular complexity index is 196. The maximum atomic E-state index is 9.94. The number of carbonyl (C=O) groups is 1. The van der Waals surface area contributed by atoms with Crippen molar-refractivity contribution in [1.29, 1.82) is 0 Å². The molecule has 5 nitrogen and oxygen atoms in total. The molecule has 0 amide bonds. The average molecular weight is 165 g/mol. The quantitative estimate of drug-likeness (QED) is 0.522. The minimum atomic E-state index is -1.11. The third-order valence-corrected chi connectivity index (χ3v) is 1.00. The van der Waals surface area contributed by atoms with Gasteiger partial charge in [-0.3, -0.25) is 0 Å². The van der Waals surface area contributed by atoms with E-state index in [1.165, 1.54) is 0 Å². The molecule has 10 heavy (non-hydrogen) atoms. The fourth-order valence-corrected chi connectivity index (χ4v) is 0.494. The van der Waals surface area contributed by atoms with E-state index in [0.29, 0.717) is 0 Å². The van der Waals surface area contributed by atoms with E-state index >= 15 is 0 Å². The fraction of sp³-hybridized carbons (Fsp3) is 0.500. The number of hydrogen-bond donors (Lipinski definition) is 2. The first-order valence-corrected chi connectivity index (χ1v) is 3.03. The SMILES string of the molecule is NC(CC#P=O)C(=O)O.O. The zero-order chi connectivity index (χ0) is 7.28. The second kappa shape index (κ2) is 6.52. The van der Waals surface area contributed by atoms with Gasteiger partial charge >= 0.3 is 52.2 Å². The molecule has 0 spiro atoms. The topological polar surface area (TPSA) is 112 Å². The number of hydrogen-bond acceptors (Lipinski definition) is 3. The third-order valence-electron chi connectivity index (χ3n) is 0.693. The molecule has 0 aliphatic heterocycles. The Morgan fingerprint density at radius 2 is 2.30 bits per heavy atom. The molecule has 0 radical (unpaired) electrons. The standard InChI is InChI=1S/C4H6NO3P.H2O/c5-3(4(6)7)1-2-9-8;/h3H,1,5H2,(H,6,7);1H2. The molecule has 58 valence electrons. The summed E-state index contributed by atoms with van der Waals surface area (Å²) in [6, 6.07) is -0.980. The zero-order valence-corrected chi connectivity index (χ0v) is 5.97. The Morgan fingerprint density at radius 3 is 2.60 bits per heavy atom. The Morgan fingerprint density at radius 1 is 1.80 bits per heavy atom. The molecule has 0 aromatic rings. The van der Waals surface area contributed by atoms with Gasteiger partial charge in [0.05, 0.1) is 0 Å². The van der Waals surface area contributed by atoms with Crippen LogP contribution in [0.25, 0.3) is 0 Å². The van der Waals surface area contributed by atoms with Crippen LogP contribution in [0.15, 0.2) is 0 Å². The molecule has 0 heterocycles. The summed E-state index contributed by atoms with van der Waals surface area (Å²) in [6.45, 7) is 0. The monoisotopic (exact) mass is 165 g/mol. The van der Waals surface area contributed by atoms with Gasteiger partial charge in [0.25, 0.3) is 0 Å². The zero-order valence-electron chi connectivity index (χ0n) is 5.07. The fourth-order valence-electron chi connectivity index (χ4n) is 0.223. The van der Waals surface area contributed by atoms with Crippen LogP contribution in [-0.4, -0.2) is 22.6 Å². The molecule has 6 heteroatoms. The van der Waals surface area contributed by atoms with E-state index in [1.54, 1.807) is 0 Å². The van der Waals surface area contributed by atoms with Gasteiger partial charge in [-0.25, -0.2) is 0 Å². The van der Waals surface area contributed by atoms with Crippen LogP contribution in [0.3, 0.4) is 0 Å². The second-order valence-electron chi connectivity index (χ2n) is 1.40. The Hall–Kier alpha value is -0.600. The summed E-state index contributed by atoms with van der Waals surface area (Å²) in [5.74, 6) is -1.11. The molecule has 0 rings (SSSR count). The van der Waals surface area contributed by atoms with Crippen molar-refractivity contribution in [2.24, 2.45) is 5.73 Å². The maximum Gasteiger partial charge on any atom is -0.412 e. The minimum Gasteiger partial charge on any atom is -0.412 e. The molecular formula is C4H8NO4P. The molecule has 0 aliphatic rings. The summed E-state index contributed by atoms with van der Waals surface area (Å²) < 4.78 is 9.67. The van der Waals surface area contributed by atoms with Crippen molar-refractivity contribution in [2.75, 3.05) is 0 Å². The van der Waals surface area contributed by atoms with E-state index in [1.807, 2.05) is 0 Å². The van der Waals surface area contributed by atoms with E-state index in [2.05, 4.69) is 5.63 Å².